The fourth-order valence-electron chi connectivity index (χ4n) is 2.17. The first-order chi connectivity index (χ1) is 11.6. The molecule has 0 radical (unpaired) electrons. The third kappa shape index (κ3) is 4.02. The summed E-state index contributed by atoms with van der Waals surface area (Å²) in [6.07, 6.45) is 1.34. The summed E-state index contributed by atoms with van der Waals surface area (Å²) in [7, 11) is 0. The van der Waals surface area contributed by atoms with Crippen LogP contribution in [0.1, 0.15) is 19.6 Å². The van der Waals surface area contributed by atoms with Crippen molar-refractivity contribution >= 4 is 23.6 Å². The zero-order valence-electron chi connectivity index (χ0n) is 13.5. The third-order valence-corrected chi connectivity index (χ3v) is 3.46. The number of benzene rings is 1. The molecule has 1 amide bonds. The van der Waals surface area contributed by atoms with Crippen molar-refractivity contribution in [2.75, 3.05) is 23.3 Å². The van der Waals surface area contributed by atoms with Gasteiger partial charge in [0, 0.05) is 25.2 Å². The van der Waals surface area contributed by atoms with E-state index in [0.29, 0.717) is 11.6 Å². The summed E-state index contributed by atoms with van der Waals surface area (Å²) in [5, 5.41) is 11.6. The molecule has 24 heavy (non-hydrogen) atoms. The van der Waals surface area contributed by atoms with Crippen molar-refractivity contribution in [3.05, 3.63) is 53.5 Å². The predicted molar refractivity (Wildman–Crippen MR) is 90.9 cm³/mol. The fraction of sp³-hybridized carbons (Fsp3) is 0.222. The lowest BCUT2D eigenvalue weighted by Gasteiger charge is -2.16. The number of halogens is 1. The Kier molecular flexibility index (Phi) is 5.74. The Morgan fingerprint density at radius 3 is 2.62 bits per heavy atom. The van der Waals surface area contributed by atoms with Crippen molar-refractivity contribution in [3.8, 4) is 6.07 Å². The molecule has 5 nitrogen and oxygen atoms in total. The van der Waals surface area contributed by atoms with E-state index in [-0.39, 0.29) is 11.3 Å². The molecule has 1 aromatic heterocycles. The summed E-state index contributed by atoms with van der Waals surface area (Å²) < 4.78 is 19.2. The average molecular weight is 327 g/mol. The standard InChI is InChI=1S/C18H18FN3O2/c1-3-22(4-2)17-10-9-14(24-17)11-13(12-20)18(23)21-16-8-6-5-7-15(16)19/h5-11H,3-4H2,1-2H3,(H,21,23)/b13-11+. The summed E-state index contributed by atoms with van der Waals surface area (Å²) in [4.78, 5) is 14.1. The Hall–Kier alpha value is -3.07. The van der Waals surface area contributed by atoms with E-state index < -0.39 is 11.7 Å². The zero-order valence-corrected chi connectivity index (χ0v) is 13.5. The number of amides is 1. The Morgan fingerprint density at radius 2 is 2.00 bits per heavy atom. The van der Waals surface area contributed by atoms with Gasteiger partial charge in [-0.2, -0.15) is 5.26 Å². The van der Waals surface area contributed by atoms with Gasteiger partial charge >= 0.3 is 0 Å². The van der Waals surface area contributed by atoms with Crippen molar-refractivity contribution in [3.63, 3.8) is 0 Å². The van der Waals surface area contributed by atoms with Crippen LogP contribution >= 0.6 is 0 Å². The molecule has 0 saturated carbocycles. The van der Waals surface area contributed by atoms with E-state index in [2.05, 4.69) is 5.32 Å². The lowest BCUT2D eigenvalue weighted by atomic mass is 10.2. The SMILES string of the molecule is CCN(CC)c1ccc(/C=C(\C#N)C(=O)Nc2ccccc2F)o1. The molecule has 0 aliphatic carbocycles. The van der Waals surface area contributed by atoms with Crippen molar-refractivity contribution in [1.29, 1.82) is 5.26 Å². The van der Waals surface area contributed by atoms with Crippen molar-refractivity contribution in [2.24, 2.45) is 0 Å². The van der Waals surface area contributed by atoms with Crippen LogP contribution in [-0.2, 0) is 4.79 Å². The minimum Gasteiger partial charge on any atom is -0.441 e. The molecule has 2 aromatic rings. The normalized spacial score (nSPS) is 11.0. The van der Waals surface area contributed by atoms with Gasteiger partial charge in [-0.1, -0.05) is 12.1 Å². The van der Waals surface area contributed by atoms with Crippen LogP contribution in [0.3, 0.4) is 0 Å². The maximum atomic E-state index is 13.6. The lowest BCUT2D eigenvalue weighted by Crippen LogP contribution is -2.20. The first-order valence-electron chi connectivity index (χ1n) is 7.61. The number of hydrogen-bond donors (Lipinski definition) is 1. The van der Waals surface area contributed by atoms with Crippen LogP contribution < -0.4 is 10.2 Å². The van der Waals surface area contributed by atoms with Crippen molar-refractivity contribution in [2.45, 2.75) is 13.8 Å². The molecule has 0 aliphatic rings. The molecule has 124 valence electrons. The summed E-state index contributed by atoms with van der Waals surface area (Å²) >= 11 is 0. The number of carbonyl (C=O) groups excluding carboxylic acids is 1. The molecule has 0 saturated heterocycles. The van der Waals surface area contributed by atoms with Gasteiger partial charge in [0.2, 0.25) is 0 Å². The van der Waals surface area contributed by atoms with Crippen LogP contribution in [0.25, 0.3) is 6.08 Å². The number of furan rings is 1. The topological polar surface area (TPSA) is 69.3 Å². The highest BCUT2D eigenvalue weighted by atomic mass is 19.1. The molecule has 2 rings (SSSR count). The summed E-state index contributed by atoms with van der Waals surface area (Å²) in [6.45, 7) is 5.58. The number of carbonyl (C=O) groups is 1. The molecule has 1 N–H and O–H groups in total. The Balaban J connectivity index is 2.19. The molecule has 0 bridgehead atoms. The monoisotopic (exact) mass is 327 g/mol. The molecule has 1 aromatic carbocycles. The minimum atomic E-state index is -0.691. The number of hydrogen-bond acceptors (Lipinski definition) is 4. The molecule has 0 spiro atoms. The van der Waals surface area contributed by atoms with Gasteiger partial charge in [-0.15, -0.1) is 0 Å². The number of nitrogens with zero attached hydrogens (tertiary/aromatic N) is 2. The smallest absolute Gasteiger partial charge is 0.266 e. The Bertz CT molecular complexity index is 786. The molecular formula is C18H18FN3O2. The minimum absolute atomic E-state index is 0.0203. The molecule has 0 aliphatic heterocycles. The largest absolute Gasteiger partial charge is 0.441 e. The number of anilines is 2. The fourth-order valence-corrected chi connectivity index (χ4v) is 2.17. The summed E-state index contributed by atoms with van der Waals surface area (Å²) in [5.41, 5.74) is -0.148. The van der Waals surface area contributed by atoms with Gasteiger partial charge < -0.3 is 14.6 Å². The Morgan fingerprint density at radius 1 is 1.29 bits per heavy atom. The van der Waals surface area contributed by atoms with Gasteiger partial charge in [-0.3, -0.25) is 4.79 Å². The maximum absolute atomic E-state index is 13.6. The molecular weight excluding hydrogens is 309 g/mol. The van der Waals surface area contributed by atoms with Crippen LogP contribution in [0, 0.1) is 17.1 Å². The Labute approximate surface area is 140 Å². The second-order valence-electron chi connectivity index (χ2n) is 4.95. The van der Waals surface area contributed by atoms with E-state index in [1.807, 2.05) is 24.8 Å². The van der Waals surface area contributed by atoms with Crippen LogP contribution in [0.2, 0.25) is 0 Å². The van der Waals surface area contributed by atoms with Crippen LogP contribution in [0.5, 0.6) is 0 Å². The van der Waals surface area contributed by atoms with E-state index in [1.54, 1.807) is 18.2 Å². The van der Waals surface area contributed by atoms with Crippen LogP contribution in [-0.4, -0.2) is 19.0 Å². The lowest BCUT2D eigenvalue weighted by molar-refractivity contribution is -0.112. The average Bonchev–Trinajstić information content (AvgIpc) is 3.04. The second-order valence-corrected chi connectivity index (χ2v) is 4.95. The van der Waals surface area contributed by atoms with Gasteiger partial charge in [0.15, 0.2) is 5.88 Å². The first-order valence-corrected chi connectivity index (χ1v) is 7.61. The molecule has 6 heteroatoms. The first kappa shape index (κ1) is 17.3. The third-order valence-electron chi connectivity index (χ3n) is 3.46. The predicted octanol–water partition coefficient (Wildman–Crippen LogP) is 3.81. The zero-order chi connectivity index (χ0) is 17.5. The van der Waals surface area contributed by atoms with Gasteiger partial charge in [0.1, 0.15) is 23.2 Å². The highest BCUT2D eigenvalue weighted by Gasteiger charge is 2.13. The van der Waals surface area contributed by atoms with Crippen molar-refractivity contribution < 1.29 is 13.6 Å². The van der Waals surface area contributed by atoms with Gasteiger partial charge in [0.05, 0.1) is 5.69 Å². The maximum Gasteiger partial charge on any atom is 0.266 e. The van der Waals surface area contributed by atoms with Gasteiger partial charge in [0.25, 0.3) is 5.91 Å². The second kappa shape index (κ2) is 7.97. The van der Waals surface area contributed by atoms with E-state index in [0.717, 1.165) is 13.1 Å². The molecule has 0 fully saturated rings. The van der Waals surface area contributed by atoms with Gasteiger partial charge in [-0.05, 0) is 32.0 Å². The number of para-hydroxylation sites is 1. The number of rotatable bonds is 6. The van der Waals surface area contributed by atoms with E-state index in [1.165, 1.54) is 24.3 Å². The van der Waals surface area contributed by atoms with Crippen molar-refractivity contribution in [1.82, 2.24) is 0 Å². The van der Waals surface area contributed by atoms with Crippen LogP contribution in [0.15, 0.2) is 46.4 Å². The van der Waals surface area contributed by atoms with Gasteiger partial charge in [-0.25, -0.2) is 4.39 Å². The van der Waals surface area contributed by atoms with E-state index in [4.69, 9.17) is 4.42 Å². The number of nitriles is 1. The van der Waals surface area contributed by atoms with E-state index in [9.17, 15) is 14.4 Å². The molecule has 0 atom stereocenters. The van der Waals surface area contributed by atoms with E-state index >= 15 is 0 Å². The highest BCUT2D eigenvalue weighted by Crippen LogP contribution is 2.21. The molecule has 0 unspecified atom stereocenters. The summed E-state index contributed by atoms with van der Waals surface area (Å²) in [5.74, 6) is -0.205. The number of nitrogens with one attached hydrogen (secondary N) is 1. The molecule has 1 heterocycles. The highest BCUT2D eigenvalue weighted by molar-refractivity contribution is 6.09. The quantitative estimate of drug-likeness (QED) is 0.647. The summed E-state index contributed by atoms with van der Waals surface area (Å²) in [6, 6.07) is 11.0. The van der Waals surface area contributed by atoms with Crippen LogP contribution in [0.4, 0.5) is 16.0 Å².